The zero-order valence-corrected chi connectivity index (χ0v) is 17.1. The van der Waals surface area contributed by atoms with Gasteiger partial charge in [0, 0.05) is 37.4 Å². The van der Waals surface area contributed by atoms with Crippen molar-refractivity contribution in [3.8, 4) is 5.75 Å². The first-order valence-corrected chi connectivity index (χ1v) is 9.53. The molecule has 7 heteroatoms. The van der Waals surface area contributed by atoms with E-state index >= 15 is 0 Å². The van der Waals surface area contributed by atoms with Crippen LogP contribution in [0.4, 0.5) is 11.4 Å². The SMILES string of the molecule is COc1ccc(C(=O)Nc2ccc(N3CCN(C)CC3)c(Cl)c2)cc1Br. The molecule has 2 aromatic rings. The van der Waals surface area contributed by atoms with Crippen LogP contribution in [0.3, 0.4) is 0 Å². The van der Waals surface area contributed by atoms with Crippen LogP contribution in [0.25, 0.3) is 0 Å². The van der Waals surface area contributed by atoms with Crippen LogP contribution in [0.1, 0.15) is 10.4 Å². The highest BCUT2D eigenvalue weighted by Gasteiger charge is 2.17. The van der Waals surface area contributed by atoms with Crippen LogP contribution in [0.5, 0.6) is 5.75 Å². The Bertz CT molecular complexity index is 807. The number of likely N-dealkylation sites (N-methyl/N-ethyl adjacent to an activating group) is 1. The maximum absolute atomic E-state index is 12.5. The monoisotopic (exact) mass is 437 g/mol. The lowest BCUT2D eigenvalue weighted by atomic mass is 10.2. The van der Waals surface area contributed by atoms with Gasteiger partial charge in [0.2, 0.25) is 0 Å². The number of hydrogen-bond acceptors (Lipinski definition) is 4. The molecule has 0 radical (unpaired) electrons. The van der Waals surface area contributed by atoms with E-state index in [0.29, 0.717) is 22.0 Å². The van der Waals surface area contributed by atoms with Crippen molar-refractivity contribution in [2.75, 3.05) is 50.6 Å². The number of amides is 1. The van der Waals surface area contributed by atoms with Crippen molar-refractivity contribution in [3.05, 3.63) is 51.5 Å². The number of benzene rings is 2. The summed E-state index contributed by atoms with van der Waals surface area (Å²) >= 11 is 9.86. The third-order valence-corrected chi connectivity index (χ3v) is 5.39. The molecule has 1 aliphatic rings. The van der Waals surface area contributed by atoms with E-state index in [2.05, 4.69) is 38.1 Å². The fourth-order valence-corrected chi connectivity index (χ4v) is 3.74. The third-order valence-electron chi connectivity index (χ3n) is 4.46. The molecule has 1 saturated heterocycles. The van der Waals surface area contributed by atoms with Crippen LogP contribution in [0.2, 0.25) is 5.02 Å². The van der Waals surface area contributed by atoms with Crippen LogP contribution in [0, 0.1) is 0 Å². The number of anilines is 2. The molecule has 5 nitrogen and oxygen atoms in total. The quantitative estimate of drug-likeness (QED) is 0.780. The molecule has 0 aromatic heterocycles. The van der Waals surface area contributed by atoms with Crippen LogP contribution >= 0.6 is 27.5 Å². The molecule has 3 rings (SSSR count). The van der Waals surface area contributed by atoms with Crippen molar-refractivity contribution in [2.45, 2.75) is 0 Å². The van der Waals surface area contributed by atoms with Crippen LogP contribution in [-0.2, 0) is 0 Å². The van der Waals surface area contributed by atoms with Crippen molar-refractivity contribution < 1.29 is 9.53 Å². The van der Waals surface area contributed by atoms with Crippen molar-refractivity contribution in [1.82, 2.24) is 4.90 Å². The number of carbonyl (C=O) groups excluding carboxylic acids is 1. The molecular weight excluding hydrogens is 418 g/mol. The van der Waals surface area contributed by atoms with Crippen molar-refractivity contribution in [1.29, 1.82) is 0 Å². The van der Waals surface area contributed by atoms with E-state index in [0.717, 1.165) is 36.3 Å². The van der Waals surface area contributed by atoms with E-state index in [4.69, 9.17) is 16.3 Å². The summed E-state index contributed by atoms with van der Waals surface area (Å²) in [5, 5.41) is 3.53. The molecule has 26 heavy (non-hydrogen) atoms. The second-order valence-electron chi connectivity index (χ2n) is 6.26. The average molecular weight is 439 g/mol. The van der Waals surface area contributed by atoms with Gasteiger partial charge in [-0.25, -0.2) is 0 Å². The predicted octanol–water partition coefficient (Wildman–Crippen LogP) is 4.12. The van der Waals surface area contributed by atoms with Gasteiger partial charge in [-0.05, 0) is 59.4 Å². The van der Waals surface area contributed by atoms with Gasteiger partial charge in [0.25, 0.3) is 5.91 Å². The first-order valence-electron chi connectivity index (χ1n) is 8.36. The van der Waals surface area contributed by atoms with Crippen LogP contribution in [0.15, 0.2) is 40.9 Å². The standard InChI is InChI=1S/C19H21BrClN3O2/c1-23-7-9-24(10-8-23)17-5-4-14(12-16(17)21)22-19(25)13-3-6-18(26-2)15(20)11-13/h3-6,11-12H,7-10H2,1-2H3,(H,22,25). The van der Waals surface area contributed by atoms with E-state index in [1.165, 1.54) is 0 Å². The normalized spacial score (nSPS) is 15.0. The number of methoxy groups -OCH3 is 1. The smallest absolute Gasteiger partial charge is 0.255 e. The molecule has 0 spiro atoms. The van der Waals surface area contributed by atoms with E-state index in [-0.39, 0.29) is 5.91 Å². The minimum atomic E-state index is -0.197. The van der Waals surface area contributed by atoms with Crippen LogP contribution in [-0.4, -0.2) is 51.1 Å². The molecule has 1 heterocycles. The molecule has 138 valence electrons. The van der Waals surface area contributed by atoms with Gasteiger partial charge in [-0.3, -0.25) is 4.79 Å². The largest absolute Gasteiger partial charge is 0.496 e. The Hall–Kier alpha value is -1.76. The molecule has 0 aliphatic carbocycles. The Morgan fingerprint density at radius 3 is 2.50 bits per heavy atom. The maximum atomic E-state index is 12.5. The second kappa shape index (κ2) is 8.29. The van der Waals surface area contributed by atoms with Crippen LogP contribution < -0.4 is 15.0 Å². The minimum absolute atomic E-state index is 0.197. The Morgan fingerprint density at radius 1 is 1.15 bits per heavy atom. The minimum Gasteiger partial charge on any atom is -0.496 e. The van der Waals surface area contributed by atoms with Gasteiger partial charge in [-0.2, -0.15) is 0 Å². The number of nitrogens with zero attached hydrogens (tertiary/aromatic N) is 2. The van der Waals surface area contributed by atoms with Gasteiger partial charge in [0.1, 0.15) is 5.75 Å². The highest BCUT2D eigenvalue weighted by molar-refractivity contribution is 9.10. The Morgan fingerprint density at radius 2 is 1.88 bits per heavy atom. The molecule has 0 unspecified atom stereocenters. The summed E-state index contributed by atoms with van der Waals surface area (Å²) < 4.78 is 5.92. The molecule has 0 bridgehead atoms. The van der Waals surface area contributed by atoms with Crippen molar-refractivity contribution in [3.63, 3.8) is 0 Å². The Balaban J connectivity index is 1.71. The second-order valence-corrected chi connectivity index (χ2v) is 7.52. The molecular formula is C19H21BrClN3O2. The highest BCUT2D eigenvalue weighted by atomic mass is 79.9. The maximum Gasteiger partial charge on any atom is 0.255 e. The summed E-state index contributed by atoms with van der Waals surface area (Å²) in [6.45, 7) is 3.92. The zero-order chi connectivity index (χ0) is 18.7. The molecule has 1 N–H and O–H groups in total. The lowest BCUT2D eigenvalue weighted by molar-refractivity contribution is 0.102. The fraction of sp³-hybridized carbons (Fsp3) is 0.316. The van der Waals surface area contributed by atoms with Crippen molar-refractivity contribution in [2.24, 2.45) is 0 Å². The van der Waals surface area contributed by atoms with Gasteiger partial charge in [0.05, 0.1) is 22.3 Å². The Kier molecular flexibility index (Phi) is 6.06. The predicted molar refractivity (Wildman–Crippen MR) is 110 cm³/mol. The van der Waals surface area contributed by atoms with E-state index in [1.54, 1.807) is 31.4 Å². The van der Waals surface area contributed by atoms with E-state index in [9.17, 15) is 4.79 Å². The molecule has 1 fully saturated rings. The van der Waals surface area contributed by atoms with Gasteiger partial charge in [-0.1, -0.05) is 11.6 Å². The molecule has 0 atom stereocenters. The first kappa shape index (κ1) is 19.0. The number of piperazine rings is 1. The summed E-state index contributed by atoms with van der Waals surface area (Å²) in [6.07, 6.45) is 0. The van der Waals surface area contributed by atoms with E-state index in [1.807, 2.05) is 12.1 Å². The third kappa shape index (κ3) is 4.31. The molecule has 1 aliphatic heterocycles. The van der Waals surface area contributed by atoms with Gasteiger partial charge in [0.15, 0.2) is 0 Å². The van der Waals surface area contributed by atoms with Gasteiger partial charge < -0.3 is 19.9 Å². The molecule has 2 aromatic carbocycles. The number of ether oxygens (including phenoxy) is 1. The topological polar surface area (TPSA) is 44.8 Å². The van der Waals surface area contributed by atoms with Crippen molar-refractivity contribution >= 4 is 44.8 Å². The first-order chi connectivity index (χ1) is 12.5. The lowest BCUT2D eigenvalue weighted by Crippen LogP contribution is -2.44. The van der Waals surface area contributed by atoms with Gasteiger partial charge >= 0.3 is 0 Å². The Labute approximate surface area is 167 Å². The lowest BCUT2D eigenvalue weighted by Gasteiger charge is -2.34. The number of halogens is 2. The summed E-state index contributed by atoms with van der Waals surface area (Å²) in [6, 6.07) is 10.9. The number of hydrogen-bond donors (Lipinski definition) is 1. The fourth-order valence-electron chi connectivity index (χ4n) is 2.90. The van der Waals surface area contributed by atoms with Gasteiger partial charge in [-0.15, -0.1) is 0 Å². The molecule has 1 amide bonds. The summed E-state index contributed by atoms with van der Waals surface area (Å²) in [7, 11) is 3.71. The summed E-state index contributed by atoms with van der Waals surface area (Å²) in [5.41, 5.74) is 2.21. The molecule has 0 saturated carbocycles. The summed E-state index contributed by atoms with van der Waals surface area (Å²) in [4.78, 5) is 17.0. The van der Waals surface area contributed by atoms with E-state index < -0.39 is 0 Å². The number of nitrogens with one attached hydrogen (secondary N) is 1. The zero-order valence-electron chi connectivity index (χ0n) is 14.8. The number of rotatable bonds is 4. The number of carbonyl (C=O) groups is 1. The average Bonchev–Trinajstić information content (AvgIpc) is 2.63. The highest BCUT2D eigenvalue weighted by Crippen LogP contribution is 2.30. The summed E-state index contributed by atoms with van der Waals surface area (Å²) in [5.74, 6) is 0.484.